The van der Waals surface area contributed by atoms with Crippen molar-refractivity contribution in [3.05, 3.63) is 35.5 Å². The minimum Gasteiger partial charge on any atom is -0.234 e. The van der Waals surface area contributed by atoms with E-state index in [2.05, 4.69) is 15.1 Å². The van der Waals surface area contributed by atoms with Crippen molar-refractivity contribution in [2.75, 3.05) is 0 Å². The summed E-state index contributed by atoms with van der Waals surface area (Å²) in [4.78, 5) is 8.33. The van der Waals surface area contributed by atoms with Gasteiger partial charge < -0.3 is 0 Å². The Labute approximate surface area is 92.9 Å². The average molecular weight is 223 g/mol. The van der Waals surface area contributed by atoms with Crippen molar-refractivity contribution in [3.8, 4) is 5.82 Å². The Balaban J connectivity index is 2.64. The van der Waals surface area contributed by atoms with Gasteiger partial charge in [0.25, 0.3) is 0 Å². The lowest BCUT2D eigenvalue weighted by molar-refractivity contribution is 0.824. The van der Waals surface area contributed by atoms with Crippen LogP contribution >= 0.6 is 11.6 Å². The summed E-state index contributed by atoms with van der Waals surface area (Å²) in [5.74, 6) is 1.19. The van der Waals surface area contributed by atoms with Crippen molar-refractivity contribution in [2.45, 2.75) is 19.7 Å². The molecule has 0 N–H and O–H groups in total. The van der Waals surface area contributed by atoms with E-state index >= 15 is 0 Å². The minimum atomic E-state index is 0.425. The summed E-state index contributed by atoms with van der Waals surface area (Å²) in [6.07, 6.45) is 3.11. The maximum absolute atomic E-state index is 5.91. The Kier molecular flexibility index (Phi) is 2.68. The fourth-order valence-corrected chi connectivity index (χ4v) is 1.85. The third kappa shape index (κ3) is 1.85. The molecule has 0 aliphatic rings. The highest BCUT2D eigenvalue weighted by molar-refractivity contribution is 6.17. The van der Waals surface area contributed by atoms with Gasteiger partial charge in [-0.05, 0) is 25.5 Å². The van der Waals surface area contributed by atoms with Crippen LogP contribution in [-0.2, 0) is 5.88 Å². The van der Waals surface area contributed by atoms with Crippen molar-refractivity contribution >= 4 is 11.6 Å². The minimum absolute atomic E-state index is 0.425. The molecule has 2 rings (SSSR count). The molecular formula is C10H11ClN4. The summed E-state index contributed by atoms with van der Waals surface area (Å²) in [6, 6.07) is 2.01. The summed E-state index contributed by atoms with van der Waals surface area (Å²) in [7, 11) is 0. The number of aryl methyl sites for hydroxylation is 2. The zero-order chi connectivity index (χ0) is 10.8. The Morgan fingerprint density at radius 1 is 1.40 bits per heavy atom. The number of alkyl halides is 1. The van der Waals surface area contributed by atoms with Gasteiger partial charge in [0, 0.05) is 11.3 Å². The molecule has 0 bridgehead atoms. The first-order valence-electron chi connectivity index (χ1n) is 4.60. The molecule has 0 radical (unpaired) electrons. The number of hydrogen-bond donors (Lipinski definition) is 0. The fourth-order valence-electron chi connectivity index (χ4n) is 1.52. The molecule has 0 aliphatic heterocycles. The van der Waals surface area contributed by atoms with Gasteiger partial charge in [0.1, 0.15) is 12.7 Å². The molecule has 0 unspecified atom stereocenters. The second-order valence-electron chi connectivity index (χ2n) is 3.36. The predicted molar refractivity (Wildman–Crippen MR) is 58.2 cm³/mol. The maximum atomic E-state index is 5.91. The monoisotopic (exact) mass is 222 g/mol. The highest BCUT2D eigenvalue weighted by Gasteiger charge is 2.09. The van der Waals surface area contributed by atoms with Crippen LogP contribution < -0.4 is 0 Å². The molecule has 4 nitrogen and oxygen atoms in total. The van der Waals surface area contributed by atoms with E-state index in [1.54, 1.807) is 11.0 Å². The number of pyridine rings is 1. The third-order valence-corrected chi connectivity index (χ3v) is 2.49. The lowest BCUT2D eigenvalue weighted by atomic mass is 10.1. The van der Waals surface area contributed by atoms with Crippen molar-refractivity contribution in [2.24, 2.45) is 0 Å². The number of nitrogens with zero attached hydrogens (tertiary/aromatic N) is 4. The number of rotatable bonds is 2. The molecule has 0 amide bonds. The van der Waals surface area contributed by atoms with Crippen LogP contribution in [0.1, 0.15) is 16.8 Å². The molecule has 2 aromatic rings. The second-order valence-corrected chi connectivity index (χ2v) is 3.62. The molecule has 0 spiro atoms. The number of halogens is 1. The molecule has 0 aromatic carbocycles. The molecule has 5 heteroatoms. The van der Waals surface area contributed by atoms with Crippen LogP contribution in [-0.4, -0.2) is 19.7 Å². The average Bonchev–Trinajstić information content (AvgIpc) is 2.69. The standard InChI is InChI=1S/C10H11ClN4/c1-7-3-8(2)14-10(9(7)4-11)15-6-12-5-13-15/h3,5-6H,4H2,1-2H3. The smallest absolute Gasteiger partial charge is 0.160 e. The maximum Gasteiger partial charge on any atom is 0.160 e. The Bertz CT molecular complexity index is 465. The van der Waals surface area contributed by atoms with Gasteiger partial charge in [-0.25, -0.2) is 14.6 Å². The van der Waals surface area contributed by atoms with E-state index in [4.69, 9.17) is 11.6 Å². The van der Waals surface area contributed by atoms with E-state index in [0.29, 0.717) is 5.88 Å². The van der Waals surface area contributed by atoms with Crippen molar-refractivity contribution < 1.29 is 0 Å². The molecule has 2 heterocycles. The van der Waals surface area contributed by atoms with E-state index in [1.807, 2.05) is 19.9 Å². The molecule has 15 heavy (non-hydrogen) atoms. The van der Waals surface area contributed by atoms with E-state index in [0.717, 1.165) is 22.6 Å². The largest absolute Gasteiger partial charge is 0.234 e. The predicted octanol–water partition coefficient (Wildman–Crippen LogP) is 2.02. The quantitative estimate of drug-likeness (QED) is 0.731. The molecule has 2 aromatic heterocycles. The second kappa shape index (κ2) is 3.98. The van der Waals surface area contributed by atoms with Gasteiger partial charge in [-0.15, -0.1) is 11.6 Å². The normalized spacial score (nSPS) is 10.6. The highest BCUT2D eigenvalue weighted by atomic mass is 35.5. The van der Waals surface area contributed by atoms with Gasteiger partial charge in [0.05, 0.1) is 5.88 Å². The summed E-state index contributed by atoms with van der Waals surface area (Å²) in [6.45, 7) is 3.97. The van der Waals surface area contributed by atoms with Crippen molar-refractivity contribution in [1.82, 2.24) is 19.7 Å². The summed E-state index contributed by atoms with van der Waals surface area (Å²) in [5.41, 5.74) is 3.07. The number of hydrogen-bond acceptors (Lipinski definition) is 3. The third-order valence-electron chi connectivity index (χ3n) is 2.22. The molecule has 0 saturated carbocycles. The fraction of sp³-hybridized carbons (Fsp3) is 0.300. The summed E-state index contributed by atoms with van der Waals surface area (Å²) < 4.78 is 1.64. The summed E-state index contributed by atoms with van der Waals surface area (Å²) in [5, 5.41) is 4.06. The lowest BCUT2D eigenvalue weighted by Crippen LogP contribution is -2.05. The van der Waals surface area contributed by atoms with Crippen LogP contribution in [0, 0.1) is 13.8 Å². The van der Waals surface area contributed by atoms with Crippen LogP contribution in [0.25, 0.3) is 5.82 Å². The van der Waals surface area contributed by atoms with Crippen LogP contribution in [0.2, 0.25) is 0 Å². The first kappa shape index (κ1) is 10.1. The van der Waals surface area contributed by atoms with Gasteiger partial charge in [-0.2, -0.15) is 5.10 Å². The topological polar surface area (TPSA) is 43.6 Å². The van der Waals surface area contributed by atoms with Gasteiger partial charge in [-0.3, -0.25) is 0 Å². The van der Waals surface area contributed by atoms with Crippen molar-refractivity contribution in [3.63, 3.8) is 0 Å². The zero-order valence-corrected chi connectivity index (χ0v) is 9.36. The van der Waals surface area contributed by atoms with Gasteiger partial charge in [-0.1, -0.05) is 0 Å². The Morgan fingerprint density at radius 3 is 2.80 bits per heavy atom. The summed E-state index contributed by atoms with van der Waals surface area (Å²) >= 11 is 5.91. The van der Waals surface area contributed by atoms with Gasteiger partial charge >= 0.3 is 0 Å². The molecule has 0 aliphatic carbocycles. The zero-order valence-electron chi connectivity index (χ0n) is 8.61. The number of aromatic nitrogens is 4. The molecule has 0 fully saturated rings. The highest BCUT2D eigenvalue weighted by Crippen LogP contribution is 2.18. The first-order valence-corrected chi connectivity index (χ1v) is 5.14. The molecular weight excluding hydrogens is 212 g/mol. The van der Waals surface area contributed by atoms with Crippen molar-refractivity contribution in [1.29, 1.82) is 0 Å². The molecule has 0 saturated heterocycles. The van der Waals surface area contributed by atoms with Crippen LogP contribution in [0.15, 0.2) is 18.7 Å². The van der Waals surface area contributed by atoms with E-state index in [1.165, 1.54) is 6.33 Å². The van der Waals surface area contributed by atoms with Crippen LogP contribution in [0.3, 0.4) is 0 Å². The van der Waals surface area contributed by atoms with E-state index in [-0.39, 0.29) is 0 Å². The van der Waals surface area contributed by atoms with Gasteiger partial charge in [0.15, 0.2) is 5.82 Å². The van der Waals surface area contributed by atoms with Gasteiger partial charge in [0.2, 0.25) is 0 Å². The molecule has 0 atom stereocenters. The lowest BCUT2D eigenvalue weighted by Gasteiger charge is -2.09. The molecule has 78 valence electrons. The van der Waals surface area contributed by atoms with E-state index < -0.39 is 0 Å². The van der Waals surface area contributed by atoms with Crippen LogP contribution in [0.5, 0.6) is 0 Å². The SMILES string of the molecule is Cc1cc(C)c(CCl)c(-n2cncn2)n1. The van der Waals surface area contributed by atoms with E-state index in [9.17, 15) is 0 Å². The van der Waals surface area contributed by atoms with Crippen LogP contribution in [0.4, 0.5) is 0 Å². The first-order chi connectivity index (χ1) is 7.22. The Morgan fingerprint density at radius 2 is 2.20 bits per heavy atom. The Hall–Kier alpha value is -1.42.